The molecule has 2 heterocycles. The smallest absolute Gasteiger partial charge is 0.392 e. The number of aromatic nitrogens is 1. The Kier molecular flexibility index (Phi) is 6.36. The predicted molar refractivity (Wildman–Crippen MR) is 137 cm³/mol. The van der Waals surface area contributed by atoms with Gasteiger partial charge in [-0.2, -0.15) is 13.2 Å². The van der Waals surface area contributed by atoms with Gasteiger partial charge in [-0.25, -0.2) is 0 Å². The summed E-state index contributed by atoms with van der Waals surface area (Å²) in [7, 11) is 3.88. The zero-order valence-electron chi connectivity index (χ0n) is 20.3. The van der Waals surface area contributed by atoms with Gasteiger partial charge in [0, 0.05) is 43.2 Å². The second kappa shape index (κ2) is 9.48. The van der Waals surface area contributed by atoms with Crippen LogP contribution in [0.3, 0.4) is 0 Å². The Labute approximate surface area is 208 Å². The molecule has 0 bridgehead atoms. The summed E-state index contributed by atoms with van der Waals surface area (Å²) in [5, 5.41) is 0.888. The molecular weight excluding hydrogens is 465 g/mol. The van der Waals surface area contributed by atoms with Crippen molar-refractivity contribution in [2.75, 3.05) is 25.6 Å². The van der Waals surface area contributed by atoms with Crippen LogP contribution < -0.4 is 15.4 Å². The molecule has 0 saturated carbocycles. The molecule has 0 radical (unpaired) electrons. The Morgan fingerprint density at radius 3 is 2.64 bits per heavy atom. The first kappa shape index (κ1) is 24.2. The molecule has 5 nitrogen and oxygen atoms in total. The van der Waals surface area contributed by atoms with Gasteiger partial charge in [-0.05, 0) is 30.9 Å². The van der Waals surface area contributed by atoms with Crippen molar-refractivity contribution in [3.63, 3.8) is 0 Å². The second-order valence-corrected chi connectivity index (χ2v) is 9.56. The van der Waals surface area contributed by atoms with Crippen molar-refractivity contribution < 1.29 is 17.9 Å². The number of allylic oxidation sites excluding steroid dienone is 2. The predicted octanol–water partition coefficient (Wildman–Crippen LogP) is 6.28. The third-order valence-electron chi connectivity index (χ3n) is 7.03. The largest absolute Gasteiger partial charge is 0.493 e. The Morgan fingerprint density at radius 1 is 1.11 bits per heavy atom. The van der Waals surface area contributed by atoms with E-state index in [9.17, 15) is 13.2 Å². The number of hydrogen-bond donors (Lipinski definition) is 1. The number of pyridine rings is 1. The van der Waals surface area contributed by atoms with E-state index in [1.165, 1.54) is 0 Å². The number of aliphatic imine (C=N–C) groups is 1. The van der Waals surface area contributed by atoms with E-state index in [0.29, 0.717) is 18.9 Å². The number of fused-ring (bicyclic) bond motifs is 2. The first-order valence-corrected chi connectivity index (χ1v) is 12.1. The monoisotopic (exact) mass is 494 g/mol. The average Bonchev–Trinajstić information content (AvgIpc) is 2.87. The van der Waals surface area contributed by atoms with Crippen molar-refractivity contribution in [1.29, 1.82) is 0 Å². The van der Waals surface area contributed by atoms with Crippen molar-refractivity contribution >= 4 is 28.0 Å². The van der Waals surface area contributed by atoms with Crippen LogP contribution >= 0.6 is 0 Å². The number of alkyl halides is 3. The summed E-state index contributed by atoms with van der Waals surface area (Å²) in [5.41, 5.74) is 11.7. The van der Waals surface area contributed by atoms with Crippen molar-refractivity contribution in [3.05, 3.63) is 71.4 Å². The molecule has 2 atom stereocenters. The SMILES string of the molecule is CN(C)c1c(C(N)=N[C@H]2CCOc3ccccc32)cnc2c(C3=CCC(C(F)(F)F)CC3)cccc12. The lowest BCUT2D eigenvalue weighted by atomic mass is 9.85. The zero-order chi connectivity index (χ0) is 25.4. The van der Waals surface area contributed by atoms with Gasteiger partial charge >= 0.3 is 6.18 Å². The molecule has 8 heteroatoms. The van der Waals surface area contributed by atoms with Crippen molar-refractivity contribution in [3.8, 4) is 5.75 Å². The number of nitrogens with two attached hydrogens (primary N) is 1. The minimum Gasteiger partial charge on any atom is -0.493 e. The molecule has 188 valence electrons. The molecule has 0 fully saturated rings. The maximum Gasteiger partial charge on any atom is 0.392 e. The third kappa shape index (κ3) is 4.52. The molecule has 0 spiro atoms. The Morgan fingerprint density at radius 2 is 1.92 bits per heavy atom. The number of amidine groups is 1. The number of hydrogen-bond acceptors (Lipinski definition) is 4. The van der Waals surface area contributed by atoms with Gasteiger partial charge in [-0.15, -0.1) is 0 Å². The van der Waals surface area contributed by atoms with Crippen LogP contribution in [0.25, 0.3) is 16.5 Å². The van der Waals surface area contributed by atoms with Crippen LogP contribution in [0.15, 0.2) is 59.7 Å². The van der Waals surface area contributed by atoms with Crippen LogP contribution in [-0.4, -0.2) is 37.7 Å². The molecule has 0 amide bonds. The summed E-state index contributed by atoms with van der Waals surface area (Å²) < 4.78 is 45.2. The van der Waals surface area contributed by atoms with Gasteiger partial charge in [-0.3, -0.25) is 9.98 Å². The van der Waals surface area contributed by atoms with Gasteiger partial charge in [0.25, 0.3) is 0 Å². The quantitative estimate of drug-likeness (QED) is 0.343. The molecule has 1 aliphatic carbocycles. The fraction of sp³-hybridized carbons (Fsp3) is 0.357. The number of para-hydroxylation sites is 2. The van der Waals surface area contributed by atoms with E-state index in [4.69, 9.17) is 20.4 Å². The highest BCUT2D eigenvalue weighted by Gasteiger charge is 2.39. The molecule has 2 aromatic carbocycles. The van der Waals surface area contributed by atoms with E-state index >= 15 is 0 Å². The fourth-order valence-corrected chi connectivity index (χ4v) is 5.21. The second-order valence-electron chi connectivity index (χ2n) is 9.56. The van der Waals surface area contributed by atoms with Crippen molar-refractivity contribution in [1.82, 2.24) is 4.98 Å². The van der Waals surface area contributed by atoms with Crippen LogP contribution in [0.4, 0.5) is 18.9 Å². The highest BCUT2D eigenvalue weighted by Crippen LogP contribution is 2.42. The molecular formula is C28H29F3N4O. The van der Waals surface area contributed by atoms with Crippen LogP contribution in [-0.2, 0) is 0 Å². The maximum absolute atomic E-state index is 13.2. The summed E-state index contributed by atoms with van der Waals surface area (Å²) in [6, 6.07) is 13.6. The third-order valence-corrected chi connectivity index (χ3v) is 7.03. The van der Waals surface area contributed by atoms with Crippen LogP contribution in [0.2, 0.25) is 0 Å². The highest BCUT2D eigenvalue weighted by molar-refractivity contribution is 6.10. The lowest BCUT2D eigenvalue weighted by Gasteiger charge is -2.26. The molecule has 1 unspecified atom stereocenters. The van der Waals surface area contributed by atoms with Crippen LogP contribution in [0.5, 0.6) is 5.75 Å². The van der Waals surface area contributed by atoms with Gasteiger partial charge in [0.2, 0.25) is 0 Å². The van der Waals surface area contributed by atoms with Crippen molar-refractivity contribution in [2.24, 2.45) is 16.6 Å². The topological polar surface area (TPSA) is 63.7 Å². The van der Waals surface area contributed by atoms with Crippen LogP contribution in [0.1, 0.15) is 48.4 Å². The summed E-state index contributed by atoms with van der Waals surface area (Å²) in [6.07, 6.45) is 0.487. The van der Waals surface area contributed by atoms with Gasteiger partial charge in [0.1, 0.15) is 11.6 Å². The molecule has 1 aliphatic heterocycles. The number of rotatable bonds is 4. The Bertz CT molecular complexity index is 1350. The normalized spacial score (nSPS) is 20.5. The standard InChI is InChI=1S/C28H29F3N4O/c1-35(2)26-21-8-5-7-19(17-10-12-18(13-11-17)28(29,30)31)25(21)33-16-22(26)27(32)34-23-14-15-36-24-9-4-3-6-20(23)24/h3-10,16,18,23H,11-15H2,1-2H3,(H2,32,34)/t18?,23-/m0/s1. The maximum atomic E-state index is 13.2. The summed E-state index contributed by atoms with van der Waals surface area (Å²) in [6.45, 7) is 0.572. The number of anilines is 1. The molecule has 3 aromatic rings. The van der Waals surface area contributed by atoms with Gasteiger partial charge in [-0.1, -0.05) is 42.5 Å². The van der Waals surface area contributed by atoms with E-state index in [1.807, 2.05) is 61.5 Å². The number of ether oxygens (including phenoxy) is 1. The fourth-order valence-electron chi connectivity index (χ4n) is 5.21. The molecule has 5 rings (SSSR count). The van der Waals surface area contributed by atoms with E-state index in [2.05, 4.69) is 0 Å². The molecule has 36 heavy (non-hydrogen) atoms. The van der Waals surface area contributed by atoms with E-state index < -0.39 is 12.1 Å². The molecule has 2 aliphatic rings. The lowest BCUT2D eigenvalue weighted by molar-refractivity contribution is -0.175. The minimum absolute atomic E-state index is 0.0000248. The molecule has 0 saturated heterocycles. The lowest BCUT2D eigenvalue weighted by Crippen LogP contribution is -2.24. The molecule has 1 aromatic heterocycles. The van der Waals surface area contributed by atoms with Gasteiger partial charge in [0.05, 0.1) is 35.3 Å². The first-order valence-electron chi connectivity index (χ1n) is 12.1. The average molecular weight is 495 g/mol. The summed E-state index contributed by atoms with van der Waals surface area (Å²) in [5.74, 6) is -0.0579. The highest BCUT2D eigenvalue weighted by atomic mass is 19.4. The van der Waals surface area contributed by atoms with E-state index in [-0.39, 0.29) is 18.9 Å². The zero-order valence-corrected chi connectivity index (χ0v) is 20.3. The number of halogens is 3. The number of benzene rings is 2. The van der Waals surface area contributed by atoms with Crippen molar-refractivity contribution in [2.45, 2.75) is 37.9 Å². The summed E-state index contributed by atoms with van der Waals surface area (Å²) in [4.78, 5) is 11.6. The Balaban J connectivity index is 1.55. The Hall–Kier alpha value is -3.55. The summed E-state index contributed by atoms with van der Waals surface area (Å²) >= 11 is 0. The van der Waals surface area contributed by atoms with E-state index in [1.54, 1.807) is 12.3 Å². The first-order chi connectivity index (χ1) is 17.2. The molecule has 2 N–H and O–H groups in total. The van der Waals surface area contributed by atoms with Gasteiger partial charge < -0.3 is 15.4 Å². The number of nitrogens with zero attached hydrogens (tertiary/aromatic N) is 3. The minimum atomic E-state index is -4.16. The van der Waals surface area contributed by atoms with Gasteiger partial charge in [0.15, 0.2) is 0 Å². The van der Waals surface area contributed by atoms with E-state index in [0.717, 1.165) is 51.0 Å². The van der Waals surface area contributed by atoms with Crippen LogP contribution in [0, 0.1) is 5.92 Å².